The number of carbonyl (C=O) groups is 1. The van der Waals surface area contributed by atoms with E-state index in [0.29, 0.717) is 23.7 Å². The second-order valence-corrected chi connectivity index (χ2v) is 7.08. The van der Waals surface area contributed by atoms with E-state index in [-0.39, 0.29) is 10.8 Å². The molecule has 0 spiro atoms. The number of aromatic nitrogens is 2. The van der Waals surface area contributed by atoms with Gasteiger partial charge in [0.2, 0.25) is 0 Å². The molecule has 0 radical (unpaired) electrons. The molecule has 0 fully saturated rings. The second-order valence-electron chi connectivity index (χ2n) is 5.05. The first kappa shape index (κ1) is 15.7. The van der Waals surface area contributed by atoms with Gasteiger partial charge >= 0.3 is 4.87 Å². The highest BCUT2D eigenvalue weighted by Gasteiger charge is 2.15. The molecule has 3 heterocycles. The van der Waals surface area contributed by atoms with Crippen molar-refractivity contribution in [1.29, 1.82) is 0 Å². The van der Waals surface area contributed by atoms with E-state index in [1.54, 1.807) is 24.5 Å². The Morgan fingerprint density at radius 1 is 1.43 bits per heavy atom. The highest BCUT2D eigenvalue weighted by Crippen LogP contribution is 2.15. The summed E-state index contributed by atoms with van der Waals surface area (Å²) in [5.41, 5.74) is 1.62. The number of thiazole rings is 1. The fraction of sp³-hybridized carbons (Fsp3) is 0.267. The van der Waals surface area contributed by atoms with Gasteiger partial charge in [0, 0.05) is 16.6 Å². The van der Waals surface area contributed by atoms with Gasteiger partial charge in [-0.05, 0) is 25.3 Å². The third-order valence-electron chi connectivity index (χ3n) is 3.44. The molecule has 0 aliphatic heterocycles. The number of amides is 1. The van der Waals surface area contributed by atoms with E-state index in [9.17, 15) is 9.59 Å². The SMILES string of the molecule is Cc1noc(C)c1Cn1cc(C(=O)NCc2cccs2)sc1=O. The monoisotopic (exact) mass is 349 g/mol. The van der Waals surface area contributed by atoms with Gasteiger partial charge in [-0.2, -0.15) is 0 Å². The smallest absolute Gasteiger partial charge is 0.308 e. The molecule has 3 aromatic heterocycles. The number of thiophene rings is 1. The molecule has 0 aliphatic rings. The van der Waals surface area contributed by atoms with Crippen LogP contribution in [0.5, 0.6) is 0 Å². The van der Waals surface area contributed by atoms with Crippen LogP contribution in [-0.4, -0.2) is 15.6 Å². The largest absolute Gasteiger partial charge is 0.361 e. The summed E-state index contributed by atoms with van der Waals surface area (Å²) in [5.74, 6) is 0.447. The van der Waals surface area contributed by atoms with Gasteiger partial charge in [0.25, 0.3) is 5.91 Å². The minimum absolute atomic E-state index is 0.175. The van der Waals surface area contributed by atoms with Crippen LogP contribution in [0.3, 0.4) is 0 Å². The predicted octanol–water partition coefficient (Wildman–Crippen LogP) is 2.55. The number of rotatable bonds is 5. The number of nitrogens with one attached hydrogen (secondary N) is 1. The molecule has 3 rings (SSSR count). The Bertz CT molecular complexity index is 855. The van der Waals surface area contributed by atoms with Crippen molar-refractivity contribution in [1.82, 2.24) is 15.0 Å². The number of hydrogen-bond donors (Lipinski definition) is 1. The van der Waals surface area contributed by atoms with E-state index in [2.05, 4.69) is 10.5 Å². The van der Waals surface area contributed by atoms with Gasteiger partial charge in [-0.25, -0.2) is 0 Å². The third-order valence-corrected chi connectivity index (χ3v) is 5.24. The standard InChI is InChI=1S/C15H15N3O3S2/c1-9-12(10(2)21-17-9)7-18-8-13(23-15(18)20)14(19)16-6-11-4-3-5-22-11/h3-5,8H,6-7H2,1-2H3,(H,16,19). The van der Waals surface area contributed by atoms with E-state index in [1.807, 2.05) is 24.4 Å². The molecule has 0 aliphatic carbocycles. The molecule has 6 nitrogen and oxygen atoms in total. The normalized spacial score (nSPS) is 10.9. The van der Waals surface area contributed by atoms with Crippen molar-refractivity contribution >= 4 is 28.6 Å². The van der Waals surface area contributed by atoms with Gasteiger partial charge in [-0.3, -0.25) is 9.59 Å². The van der Waals surface area contributed by atoms with Crippen LogP contribution in [0.25, 0.3) is 0 Å². The molecule has 23 heavy (non-hydrogen) atoms. The minimum Gasteiger partial charge on any atom is -0.361 e. The van der Waals surface area contributed by atoms with Crippen molar-refractivity contribution in [2.45, 2.75) is 26.9 Å². The molecule has 0 unspecified atom stereocenters. The molecular formula is C15H15N3O3S2. The maximum absolute atomic E-state index is 12.2. The van der Waals surface area contributed by atoms with Crippen molar-refractivity contribution in [2.24, 2.45) is 0 Å². The molecular weight excluding hydrogens is 334 g/mol. The Labute approximate surface area is 140 Å². The molecule has 8 heteroatoms. The average Bonchev–Trinajstić information content (AvgIpc) is 3.23. The maximum Gasteiger partial charge on any atom is 0.308 e. The Morgan fingerprint density at radius 3 is 2.91 bits per heavy atom. The molecule has 0 saturated carbocycles. The fourth-order valence-electron chi connectivity index (χ4n) is 2.15. The van der Waals surface area contributed by atoms with E-state index in [0.717, 1.165) is 27.5 Å². The van der Waals surface area contributed by atoms with Crippen molar-refractivity contribution in [3.8, 4) is 0 Å². The molecule has 0 aromatic carbocycles. The van der Waals surface area contributed by atoms with Crippen LogP contribution in [0, 0.1) is 13.8 Å². The first-order valence-electron chi connectivity index (χ1n) is 6.97. The first-order valence-corrected chi connectivity index (χ1v) is 8.67. The zero-order chi connectivity index (χ0) is 16.4. The highest BCUT2D eigenvalue weighted by molar-refractivity contribution is 7.11. The zero-order valence-electron chi connectivity index (χ0n) is 12.7. The topological polar surface area (TPSA) is 77.1 Å². The predicted molar refractivity (Wildman–Crippen MR) is 89.1 cm³/mol. The summed E-state index contributed by atoms with van der Waals surface area (Å²) in [6.07, 6.45) is 1.59. The molecule has 120 valence electrons. The maximum atomic E-state index is 12.2. The summed E-state index contributed by atoms with van der Waals surface area (Å²) < 4.78 is 6.61. The van der Waals surface area contributed by atoms with E-state index < -0.39 is 0 Å². The summed E-state index contributed by atoms with van der Waals surface area (Å²) >= 11 is 2.52. The van der Waals surface area contributed by atoms with Crippen molar-refractivity contribution in [3.05, 3.63) is 60.1 Å². The number of nitrogens with zero attached hydrogens (tertiary/aromatic N) is 2. The summed E-state index contributed by atoms with van der Waals surface area (Å²) in [7, 11) is 0. The molecule has 3 aromatic rings. The van der Waals surface area contributed by atoms with Gasteiger partial charge in [0.15, 0.2) is 0 Å². The van der Waals surface area contributed by atoms with Crippen LogP contribution in [0.2, 0.25) is 0 Å². The lowest BCUT2D eigenvalue weighted by Gasteiger charge is -2.01. The zero-order valence-corrected chi connectivity index (χ0v) is 14.3. The lowest BCUT2D eigenvalue weighted by atomic mass is 10.2. The third kappa shape index (κ3) is 3.43. The Hall–Kier alpha value is -2.19. The number of carbonyl (C=O) groups excluding carboxylic acids is 1. The second kappa shape index (κ2) is 6.51. The molecule has 1 N–H and O–H groups in total. The lowest BCUT2D eigenvalue weighted by Crippen LogP contribution is -2.21. The summed E-state index contributed by atoms with van der Waals surface area (Å²) in [6.45, 7) is 4.46. The van der Waals surface area contributed by atoms with Gasteiger partial charge in [-0.1, -0.05) is 22.6 Å². The van der Waals surface area contributed by atoms with Crippen LogP contribution in [0.1, 0.15) is 31.6 Å². The van der Waals surface area contributed by atoms with Gasteiger partial charge in [-0.15, -0.1) is 11.3 Å². The highest BCUT2D eigenvalue weighted by atomic mass is 32.1. The van der Waals surface area contributed by atoms with Crippen molar-refractivity contribution < 1.29 is 9.32 Å². The van der Waals surface area contributed by atoms with Crippen LogP contribution < -0.4 is 10.2 Å². The Morgan fingerprint density at radius 2 is 2.26 bits per heavy atom. The van der Waals surface area contributed by atoms with Crippen LogP contribution in [-0.2, 0) is 13.1 Å². The van der Waals surface area contributed by atoms with Gasteiger partial charge in [0.1, 0.15) is 10.6 Å². The van der Waals surface area contributed by atoms with Crippen LogP contribution >= 0.6 is 22.7 Å². The van der Waals surface area contributed by atoms with E-state index in [1.165, 1.54) is 4.57 Å². The first-order chi connectivity index (χ1) is 11.0. The molecule has 0 bridgehead atoms. The fourth-order valence-corrected chi connectivity index (χ4v) is 3.57. The van der Waals surface area contributed by atoms with Crippen LogP contribution in [0.4, 0.5) is 0 Å². The Kier molecular flexibility index (Phi) is 4.44. The van der Waals surface area contributed by atoms with Crippen molar-refractivity contribution in [2.75, 3.05) is 0 Å². The molecule has 1 amide bonds. The van der Waals surface area contributed by atoms with Crippen molar-refractivity contribution in [3.63, 3.8) is 0 Å². The summed E-state index contributed by atoms with van der Waals surface area (Å²) in [4.78, 5) is 25.5. The summed E-state index contributed by atoms with van der Waals surface area (Å²) in [5, 5.41) is 8.66. The van der Waals surface area contributed by atoms with E-state index >= 15 is 0 Å². The number of aryl methyl sites for hydroxylation is 2. The number of hydrogen-bond acceptors (Lipinski definition) is 6. The van der Waals surface area contributed by atoms with E-state index in [4.69, 9.17) is 4.52 Å². The molecule has 0 saturated heterocycles. The Balaban J connectivity index is 1.73. The summed E-state index contributed by atoms with van der Waals surface area (Å²) in [6, 6.07) is 3.89. The van der Waals surface area contributed by atoms with Crippen LogP contribution in [0.15, 0.2) is 33.0 Å². The molecule has 0 atom stereocenters. The average molecular weight is 349 g/mol. The quantitative estimate of drug-likeness (QED) is 0.768. The van der Waals surface area contributed by atoms with Gasteiger partial charge in [0.05, 0.1) is 18.8 Å². The minimum atomic E-state index is -0.238. The van der Waals surface area contributed by atoms with Gasteiger partial charge < -0.3 is 14.4 Å². The lowest BCUT2D eigenvalue weighted by molar-refractivity contribution is 0.0955.